The molecule has 0 atom stereocenters. The van der Waals surface area contributed by atoms with Crippen LogP contribution in [-0.4, -0.2) is 4.57 Å². The van der Waals surface area contributed by atoms with Gasteiger partial charge in [0.1, 0.15) is 0 Å². The molecule has 0 amide bonds. The summed E-state index contributed by atoms with van der Waals surface area (Å²) in [5.41, 5.74) is 22.8. The van der Waals surface area contributed by atoms with Crippen LogP contribution in [0.4, 0.5) is 17.1 Å². The number of fused-ring (bicyclic) bond motifs is 7. The van der Waals surface area contributed by atoms with Gasteiger partial charge in [0.25, 0.3) is 0 Å². The molecular weight excluding hydrogens is 953 g/mol. The lowest BCUT2D eigenvalue weighted by Crippen LogP contribution is -2.28. The Kier molecular flexibility index (Phi) is 11.5. The monoisotopic (exact) mass is 1010 g/mol. The first-order valence-corrected chi connectivity index (χ1v) is 28.3. The fraction of sp³-hybridized carbons (Fsp3) is 0.0909. The third-order valence-corrected chi connectivity index (χ3v) is 17.5. The van der Waals surface area contributed by atoms with Crippen LogP contribution in [0, 0.1) is 0 Å². The number of hydrogen-bond donors (Lipinski definition) is 0. The summed E-state index contributed by atoms with van der Waals surface area (Å²) >= 11 is 0. The van der Waals surface area contributed by atoms with E-state index in [1.54, 1.807) is 0 Å². The van der Waals surface area contributed by atoms with Crippen molar-refractivity contribution in [1.29, 1.82) is 0 Å². The minimum absolute atomic E-state index is 0.526. The van der Waals surface area contributed by atoms with Gasteiger partial charge in [-0.1, -0.05) is 250 Å². The number of benzene rings is 12. The van der Waals surface area contributed by atoms with Gasteiger partial charge in [0.2, 0.25) is 0 Å². The molecule has 1 saturated carbocycles. The SMILES string of the molecule is c1ccc(-n2c3ccccc3c3c(-c4ccc(N(c5ccccc5-c5ccc6c(c5)C(c5ccccc5)(c5ccccc5)c5ccccc5-6)c5ccccc5-c5cccc6cccc(C7CCCCC7)c56)cc4)cccc32)cc1. The molecule has 376 valence electrons. The topological polar surface area (TPSA) is 8.17 Å². The van der Waals surface area contributed by atoms with E-state index in [4.69, 9.17) is 0 Å². The Balaban J connectivity index is 0.948. The highest BCUT2D eigenvalue weighted by Gasteiger charge is 2.46. The number of rotatable bonds is 10. The summed E-state index contributed by atoms with van der Waals surface area (Å²) in [4.78, 5) is 2.54. The van der Waals surface area contributed by atoms with Crippen molar-refractivity contribution in [3.8, 4) is 50.2 Å². The molecule has 2 aliphatic carbocycles. The van der Waals surface area contributed by atoms with Gasteiger partial charge in [-0.3, -0.25) is 0 Å². The van der Waals surface area contributed by atoms with E-state index in [1.807, 2.05) is 0 Å². The van der Waals surface area contributed by atoms with Crippen LogP contribution >= 0.6 is 0 Å². The molecule has 1 heterocycles. The lowest BCUT2D eigenvalue weighted by Gasteiger charge is -2.34. The summed E-state index contributed by atoms with van der Waals surface area (Å²) in [6.07, 6.45) is 6.38. The Morgan fingerprint density at radius 3 is 1.65 bits per heavy atom. The number of hydrogen-bond acceptors (Lipinski definition) is 1. The third kappa shape index (κ3) is 7.61. The van der Waals surface area contributed by atoms with Gasteiger partial charge >= 0.3 is 0 Å². The highest BCUT2D eigenvalue weighted by atomic mass is 15.1. The Hall–Kier alpha value is -9.50. The molecule has 0 N–H and O–H groups in total. The van der Waals surface area contributed by atoms with Crippen LogP contribution in [0.5, 0.6) is 0 Å². The Morgan fingerprint density at radius 2 is 0.899 bits per heavy atom. The molecule has 2 aliphatic rings. The van der Waals surface area contributed by atoms with Crippen molar-refractivity contribution in [2.24, 2.45) is 0 Å². The van der Waals surface area contributed by atoms with Crippen molar-refractivity contribution in [2.45, 2.75) is 43.4 Å². The standard InChI is InChI=1S/C77H58N2/c1-5-24-53(25-6-1)62-38-21-26-55-27-22-40-67(75(55)62)66-36-15-19-43-72(66)78(60-49-46-54(47-50-60)63-39-23-45-74-76(63)68-37-16-20-44-73(68)79(74)59-32-11-4-12-33-59)71-42-18-14-34-61(71)56-48-51-65-64-35-13-17-41-69(64)77(70(65)52-56,57-28-7-2-8-29-57)58-30-9-3-10-31-58/h2-4,7-23,26-53H,1,5-6,24-25H2. The molecule has 0 radical (unpaired) electrons. The van der Waals surface area contributed by atoms with Crippen molar-refractivity contribution >= 4 is 49.6 Å². The largest absolute Gasteiger partial charge is 0.309 e. The van der Waals surface area contributed by atoms with Gasteiger partial charge in [0.05, 0.1) is 27.8 Å². The van der Waals surface area contributed by atoms with Crippen LogP contribution in [0.2, 0.25) is 0 Å². The molecule has 1 aromatic heterocycles. The second kappa shape index (κ2) is 19.5. The molecule has 12 aromatic carbocycles. The highest BCUT2D eigenvalue weighted by molar-refractivity contribution is 6.16. The van der Waals surface area contributed by atoms with Gasteiger partial charge in [-0.15, -0.1) is 0 Å². The zero-order valence-electron chi connectivity index (χ0n) is 44.1. The fourth-order valence-corrected chi connectivity index (χ4v) is 14.1. The first-order chi connectivity index (χ1) is 39.2. The minimum Gasteiger partial charge on any atom is -0.309 e. The first-order valence-electron chi connectivity index (χ1n) is 28.3. The summed E-state index contributed by atoms with van der Waals surface area (Å²) in [7, 11) is 0. The number of para-hydroxylation sites is 4. The first kappa shape index (κ1) is 46.8. The summed E-state index contributed by atoms with van der Waals surface area (Å²) in [6, 6.07) is 107. The lowest BCUT2D eigenvalue weighted by molar-refractivity contribution is 0.445. The molecule has 0 aliphatic heterocycles. The molecule has 2 nitrogen and oxygen atoms in total. The molecule has 0 unspecified atom stereocenters. The summed E-state index contributed by atoms with van der Waals surface area (Å²) in [5.74, 6) is 0.547. The molecule has 0 saturated heterocycles. The fourth-order valence-electron chi connectivity index (χ4n) is 14.1. The van der Waals surface area contributed by atoms with Gasteiger partial charge in [-0.25, -0.2) is 0 Å². The van der Waals surface area contributed by atoms with Crippen LogP contribution in [-0.2, 0) is 5.41 Å². The van der Waals surface area contributed by atoms with E-state index < -0.39 is 5.41 Å². The van der Waals surface area contributed by atoms with E-state index in [-0.39, 0.29) is 0 Å². The summed E-state index contributed by atoms with van der Waals surface area (Å²) < 4.78 is 2.41. The summed E-state index contributed by atoms with van der Waals surface area (Å²) in [5, 5.41) is 5.18. The zero-order chi connectivity index (χ0) is 52.3. The van der Waals surface area contributed by atoms with E-state index in [0.717, 1.165) is 28.3 Å². The molecule has 0 spiro atoms. The van der Waals surface area contributed by atoms with Crippen molar-refractivity contribution in [3.63, 3.8) is 0 Å². The second-order valence-corrected chi connectivity index (χ2v) is 21.7. The average Bonchev–Trinajstić information content (AvgIpc) is 4.27. The van der Waals surface area contributed by atoms with Gasteiger partial charge < -0.3 is 9.47 Å². The van der Waals surface area contributed by atoms with E-state index in [0.29, 0.717) is 5.92 Å². The quantitative estimate of drug-likeness (QED) is 0.133. The number of aromatic nitrogens is 1. The predicted octanol–water partition coefficient (Wildman–Crippen LogP) is 20.8. The number of anilines is 3. The molecule has 79 heavy (non-hydrogen) atoms. The van der Waals surface area contributed by atoms with E-state index in [1.165, 1.54) is 131 Å². The number of nitrogens with zero attached hydrogens (tertiary/aromatic N) is 2. The molecule has 1 fully saturated rings. The van der Waals surface area contributed by atoms with Gasteiger partial charge in [0.15, 0.2) is 0 Å². The van der Waals surface area contributed by atoms with Crippen LogP contribution in [0.3, 0.4) is 0 Å². The van der Waals surface area contributed by atoms with Crippen LogP contribution < -0.4 is 4.90 Å². The minimum atomic E-state index is -0.526. The molecule has 0 bridgehead atoms. The van der Waals surface area contributed by atoms with Crippen LogP contribution in [0.1, 0.15) is 65.8 Å². The van der Waals surface area contributed by atoms with Crippen molar-refractivity contribution in [3.05, 3.63) is 313 Å². The summed E-state index contributed by atoms with van der Waals surface area (Å²) in [6.45, 7) is 0. The van der Waals surface area contributed by atoms with Crippen LogP contribution in [0.25, 0.3) is 82.8 Å². The molecule has 15 rings (SSSR count). The van der Waals surface area contributed by atoms with E-state index >= 15 is 0 Å². The smallest absolute Gasteiger partial charge is 0.0713 e. The third-order valence-electron chi connectivity index (χ3n) is 17.5. The van der Waals surface area contributed by atoms with Crippen molar-refractivity contribution in [1.82, 2.24) is 4.57 Å². The average molecular weight is 1010 g/mol. The Morgan fingerprint density at radius 1 is 0.354 bits per heavy atom. The normalized spacial score (nSPS) is 13.9. The predicted molar refractivity (Wildman–Crippen MR) is 332 cm³/mol. The van der Waals surface area contributed by atoms with Gasteiger partial charge in [-0.2, -0.15) is 0 Å². The van der Waals surface area contributed by atoms with Crippen LogP contribution in [0.15, 0.2) is 285 Å². The molecule has 13 aromatic rings. The zero-order valence-corrected chi connectivity index (χ0v) is 44.1. The van der Waals surface area contributed by atoms with E-state index in [2.05, 4.69) is 295 Å². The van der Waals surface area contributed by atoms with Gasteiger partial charge in [0, 0.05) is 33.3 Å². The molecule has 2 heteroatoms. The Bertz CT molecular complexity index is 4350. The second-order valence-electron chi connectivity index (χ2n) is 21.7. The maximum absolute atomic E-state index is 2.54. The Labute approximate surface area is 463 Å². The maximum atomic E-state index is 2.54. The molecular formula is C77H58N2. The van der Waals surface area contributed by atoms with E-state index in [9.17, 15) is 0 Å². The van der Waals surface area contributed by atoms with Crippen molar-refractivity contribution in [2.75, 3.05) is 4.90 Å². The maximum Gasteiger partial charge on any atom is 0.0713 e. The van der Waals surface area contributed by atoms with Gasteiger partial charge in [-0.05, 0) is 145 Å². The lowest BCUT2D eigenvalue weighted by atomic mass is 9.67. The van der Waals surface area contributed by atoms with Crippen molar-refractivity contribution < 1.29 is 0 Å². The highest BCUT2D eigenvalue weighted by Crippen LogP contribution is 2.57.